The second-order valence-corrected chi connectivity index (χ2v) is 21.2. The molecule has 364 valence electrons. The highest BCUT2D eigenvalue weighted by Gasteiger charge is 2.52. The molecule has 0 N–H and O–H groups in total. The number of rotatable bonds is 6. The van der Waals surface area contributed by atoms with E-state index in [1.807, 2.05) is 6.08 Å². The molecular formula is C74H48N4. The first-order chi connectivity index (χ1) is 38.6. The first kappa shape index (κ1) is 43.1. The van der Waals surface area contributed by atoms with Crippen molar-refractivity contribution in [1.82, 2.24) is 18.3 Å². The highest BCUT2D eigenvalue weighted by atomic mass is 15.0. The molecule has 11 aromatic carbocycles. The molecule has 0 amide bonds. The SMILES string of the molecule is C=C/C=C\c1c(C)n(-c2ccc3c(c2)C2(c4cc(-n5c6ccccc6c6ccccc65)ccc4-3)c3cc(-n4c5ccccc5c5ccccc54)ccc3-c3ccc(-n4c5ccccc5c5ccccc54)cc32)c2ccccc12. The van der Waals surface area contributed by atoms with Crippen LogP contribution in [0.2, 0.25) is 0 Å². The van der Waals surface area contributed by atoms with E-state index < -0.39 is 5.41 Å². The lowest BCUT2D eigenvalue weighted by Gasteiger charge is -2.32. The van der Waals surface area contributed by atoms with Crippen molar-refractivity contribution in [2.75, 3.05) is 0 Å². The smallest absolute Gasteiger partial charge is 0.0728 e. The molecule has 4 heterocycles. The molecule has 0 fully saturated rings. The van der Waals surface area contributed by atoms with E-state index in [0.717, 1.165) is 22.7 Å². The highest BCUT2D eigenvalue weighted by molar-refractivity contribution is 6.12. The molecule has 17 rings (SSSR count). The molecule has 15 aromatic rings. The van der Waals surface area contributed by atoms with Gasteiger partial charge in [-0.2, -0.15) is 0 Å². The first-order valence-corrected chi connectivity index (χ1v) is 27.0. The van der Waals surface area contributed by atoms with Gasteiger partial charge in [-0.1, -0.05) is 176 Å². The van der Waals surface area contributed by atoms with Crippen LogP contribution < -0.4 is 0 Å². The van der Waals surface area contributed by atoms with Crippen molar-refractivity contribution >= 4 is 82.4 Å². The molecule has 0 atom stereocenters. The van der Waals surface area contributed by atoms with E-state index in [4.69, 9.17) is 0 Å². The fourth-order valence-corrected chi connectivity index (χ4v) is 14.4. The standard InChI is InChI=1S/C74H48N4/c1-3-4-19-51-46(2)75(67-27-12-5-20-56(51)67)47-34-38-52-53-39-35-48(76-68-28-13-6-21-57(68)58-22-7-14-29-69(58)76)43-64(53)74(63(52)42-47)65-44-49(77-70-30-15-8-23-59(70)60-24-9-16-31-71(60)77)36-40-54(65)55-41-37-50(45-66(55)74)78-72-32-17-10-25-61(72)62-26-11-18-33-73(62)78/h3-45H,1H2,2H3/b19-4-. The average molecular weight is 993 g/mol. The highest BCUT2D eigenvalue weighted by Crippen LogP contribution is 2.64. The second kappa shape index (κ2) is 15.9. The van der Waals surface area contributed by atoms with Gasteiger partial charge >= 0.3 is 0 Å². The lowest BCUT2D eigenvalue weighted by molar-refractivity contribution is 0.788. The molecule has 0 aliphatic heterocycles. The zero-order valence-corrected chi connectivity index (χ0v) is 42.8. The van der Waals surface area contributed by atoms with Gasteiger partial charge in [0.1, 0.15) is 0 Å². The van der Waals surface area contributed by atoms with Gasteiger partial charge in [-0.05, 0) is 142 Å². The molecule has 4 nitrogen and oxygen atoms in total. The number of para-hydroxylation sites is 7. The van der Waals surface area contributed by atoms with Gasteiger partial charge in [0.2, 0.25) is 0 Å². The summed E-state index contributed by atoms with van der Waals surface area (Å²) in [5.41, 5.74) is 24.5. The molecule has 0 saturated heterocycles. The molecule has 2 aliphatic carbocycles. The zero-order chi connectivity index (χ0) is 51.4. The van der Waals surface area contributed by atoms with E-state index in [9.17, 15) is 0 Å². The molecule has 0 saturated carbocycles. The number of hydrogen-bond acceptors (Lipinski definition) is 0. The summed E-state index contributed by atoms with van der Waals surface area (Å²) >= 11 is 0. The molecule has 0 bridgehead atoms. The molecule has 4 aromatic heterocycles. The van der Waals surface area contributed by atoms with Gasteiger partial charge in [-0.25, -0.2) is 0 Å². The zero-order valence-electron chi connectivity index (χ0n) is 42.8. The number of nitrogens with zero attached hydrogens (tertiary/aromatic N) is 4. The maximum Gasteiger partial charge on any atom is 0.0728 e. The number of fused-ring (bicyclic) bond motifs is 20. The third-order valence-corrected chi connectivity index (χ3v) is 17.5. The molecule has 1 spiro atoms. The van der Waals surface area contributed by atoms with Crippen molar-refractivity contribution in [3.8, 4) is 45.0 Å². The third-order valence-electron chi connectivity index (χ3n) is 17.5. The Hall–Kier alpha value is -10.2. The Labute approximate surface area is 450 Å². The van der Waals surface area contributed by atoms with E-state index in [1.165, 1.54) is 132 Å². The summed E-state index contributed by atoms with van der Waals surface area (Å²) in [5.74, 6) is 0. The van der Waals surface area contributed by atoms with E-state index in [2.05, 4.69) is 287 Å². The van der Waals surface area contributed by atoms with E-state index in [0.29, 0.717) is 0 Å². The Balaban J connectivity index is 1.02. The van der Waals surface area contributed by atoms with Crippen LogP contribution in [0.25, 0.3) is 127 Å². The predicted molar refractivity (Wildman–Crippen MR) is 327 cm³/mol. The maximum atomic E-state index is 4.05. The Morgan fingerprint density at radius 3 is 0.859 bits per heavy atom. The second-order valence-electron chi connectivity index (χ2n) is 21.2. The summed E-state index contributed by atoms with van der Waals surface area (Å²) in [6.07, 6.45) is 6.13. The van der Waals surface area contributed by atoms with Crippen LogP contribution in [-0.2, 0) is 5.41 Å². The molecule has 4 heteroatoms. The Bertz CT molecular complexity index is 4640. The Morgan fingerprint density at radius 2 is 0.564 bits per heavy atom. The van der Waals surface area contributed by atoms with Crippen molar-refractivity contribution in [2.24, 2.45) is 0 Å². The monoisotopic (exact) mass is 992 g/mol. The molecular weight excluding hydrogens is 945 g/mol. The van der Waals surface area contributed by atoms with Crippen LogP contribution in [0.15, 0.2) is 261 Å². The van der Waals surface area contributed by atoms with Crippen LogP contribution in [0.1, 0.15) is 33.5 Å². The predicted octanol–water partition coefficient (Wildman–Crippen LogP) is 18.8. The summed E-state index contributed by atoms with van der Waals surface area (Å²) in [6.45, 7) is 6.30. The normalized spacial score (nSPS) is 13.3. The third kappa shape index (κ3) is 5.57. The van der Waals surface area contributed by atoms with Gasteiger partial charge in [0.05, 0.1) is 44.0 Å². The minimum Gasteiger partial charge on any atom is -0.313 e. The topological polar surface area (TPSA) is 19.7 Å². The minimum absolute atomic E-state index is 0.772. The van der Waals surface area contributed by atoms with Crippen molar-refractivity contribution < 1.29 is 0 Å². The molecule has 78 heavy (non-hydrogen) atoms. The van der Waals surface area contributed by atoms with Gasteiger partial charge in [-0.15, -0.1) is 0 Å². The van der Waals surface area contributed by atoms with Crippen molar-refractivity contribution in [2.45, 2.75) is 12.3 Å². The number of benzene rings is 11. The van der Waals surface area contributed by atoms with Crippen molar-refractivity contribution in [3.63, 3.8) is 0 Å². The Kier molecular flexibility index (Phi) is 8.81. The van der Waals surface area contributed by atoms with Crippen LogP contribution in [0, 0.1) is 6.92 Å². The van der Waals surface area contributed by atoms with Crippen LogP contribution in [0.5, 0.6) is 0 Å². The number of aromatic nitrogens is 4. The van der Waals surface area contributed by atoms with Gasteiger partial charge in [0.25, 0.3) is 0 Å². The Morgan fingerprint density at radius 1 is 0.308 bits per heavy atom. The van der Waals surface area contributed by atoms with Crippen molar-refractivity contribution in [3.05, 3.63) is 295 Å². The van der Waals surface area contributed by atoms with E-state index in [-0.39, 0.29) is 0 Å². The van der Waals surface area contributed by atoms with Crippen LogP contribution in [-0.4, -0.2) is 18.3 Å². The lowest BCUT2D eigenvalue weighted by Crippen LogP contribution is -2.27. The van der Waals surface area contributed by atoms with E-state index >= 15 is 0 Å². The van der Waals surface area contributed by atoms with Crippen LogP contribution >= 0.6 is 0 Å². The van der Waals surface area contributed by atoms with Crippen molar-refractivity contribution in [1.29, 1.82) is 0 Å². The summed E-state index contributed by atoms with van der Waals surface area (Å²) in [4.78, 5) is 0. The summed E-state index contributed by atoms with van der Waals surface area (Å²) < 4.78 is 9.93. The largest absolute Gasteiger partial charge is 0.313 e. The first-order valence-electron chi connectivity index (χ1n) is 27.0. The van der Waals surface area contributed by atoms with Gasteiger partial charge in [0, 0.05) is 71.7 Å². The summed E-state index contributed by atoms with van der Waals surface area (Å²) in [5, 5.41) is 8.69. The van der Waals surface area contributed by atoms with Crippen LogP contribution in [0.4, 0.5) is 0 Å². The van der Waals surface area contributed by atoms with Crippen LogP contribution in [0.3, 0.4) is 0 Å². The van der Waals surface area contributed by atoms with E-state index in [1.54, 1.807) is 0 Å². The summed E-state index contributed by atoms with van der Waals surface area (Å²) in [7, 11) is 0. The quantitative estimate of drug-likeness (QED) is 0.148. The number of allylic oxidation sites excluding steroid dienone is 2. The fraction of sp³-hybridized carbons (Fsp3) is 0.0270. The van der Waals surface area contributed by atoms with Gasteiger partial charge in [0.15, 0.2) is 0 Å². The minimum atomic E-state index is -0.772. The van der Waals surface area contributed by atoms with Gasteiger partial charge in [-0.3, -0.25) is 0 Å². The average Bonchev–Trinajstić information content (AvgIpc) is 2.98. The summed E-state index contributed by atoms with van der Waals surface area (Å²) in [6, 6.07) is 91.3. The lowest BCUT2D eigenvalue weighted by atomic mass is 9.70. The molecule has 2 aliphatic rings. The molecule has 0 unspecified atom stereocenters. The maximum absolute atomic E-state index is 4.05. The van der Waals surface area contributed by atoms with Gasteiger partial charge < -0.3 is 18.3 Å². The molecule has 0 radical (unpaired) electrons. The number of hydrogen-bond donors (Lipinski definition) is 0. The fourth-order valence-electron chi connectivity index (χ4n) is 14.4.